The molecular weight excluding hydrogens is 256 g/mol. The number of nitrogens with one attached hydrogen (secondary N) is 1. The van der Waals surface area contributed by atoms with Crippen LogP contribution in [0.25, 0.3) is 0 Å². The predicted molar refractivity (Wildman–Crippen MR) is 75.1 cm³/mol. The maximum Gasteiger partial charge on any atom is 0.246 e. The standard InChI is InChI=1S/C14H24N4O2/c1-11-4-3-5-13(8-11)20-9-14(19)15-6-7-18-10-16-17-12(18)2/h10-11,13H,3-9H2,1-2H3,(H,15,19)/t11-,13-/m1/s1. The Morgan fingerprint density at radius 2 is 2.40 bits per heavy atom. The molecule has 6 heteroatoms. The largest absolute Gasteiger partial charge is 0.368 e. The van der Waals surface area contributed by atoms with Gasteiger partial charge < -0.3 is 14.6 Å². The molecule has 0 bridgehead atoms. The number of hydrogen-bond donors (Lipinski definition) is 1. The number of amides is 1. The van der Waals surface area contributed by atoms with E-state index in [4.69, 9.17) is 4.74 Å². The molecule has 2 rings (SSSR count). The van der Waals surface area contributed by atoms with Crippen LogP contribution in [0.15, 0.2) is 6.33 Å². The third-order valence-corrected chi connectivity index (χ3v) is 3.82. The second-order valence-corrected chi connectivity index (χ2v) is 5.63. The second-order valence-electron chi connectivity index (χ2n) is 5.63. The van der Waals surface area contributed by atoms with Crippen LogP contribution in [-0.4, -0.2) is 39.9 Å². The minimum Gasteiger partial charge on any atom is -0.368 e. The summed E-state index contributed by atoms with van der Waals surface area (Å²) >= 11 is 0. The van der Waals surface area contributed by atoms with Gasteiger partial charge in [-0.15, -0.1) is 10.2 Å². The minimum absolute atomic E-state index is 0.0473. The summed E-state index contributed by atoms with van der Waals surface area (Å²) in [5, 5.41) is 10.6. The van der Waals surface area contributed by atoms with Gasteiger partial charge in [-0.3, -0.25) is 4.79 Å². The Morgan fingerprint density at radius 3 is 3.10 bits per heavy atom. The monoisotopic (exact) mass is 280 g/mol. The highest BCUT2D eigenvalue weighted by atomic mass is 16.5. The number of aryl methyl sites for hydroxylation is 1. The van der Waals surface area contributed by atoms with Crippen molar-refractivity contribution in [2.24, 2.45) is 5.92 Å². The third kappa shape index (κ3) is 4.59. The highest BCUT2D eigenvalue weighted by Gasteiger charge is 2.19. The molecule has 1 N–H and O–H groups in total. The fraction of sp³-hybridized carbons (Fsp3) is 0.786. The summed E-state index contributed by atoms with van der Waals surface area (Å²) in [4.78, 5) is 11.7. The van der Waals surface area contributed by atoms with Gasteiger partial charge in [-0.25, -0.2) is 0 Å². The number of aromatic nitrogens is 3. The van der Waals surface area contributed by atoms with Crippen molar-refractivity contribution in [3.63, 3.8) is 0 Å². The maximum atomic E-state index is 11.7. The highest BCUT2D eigenvalue weighted by Crippen LogP contribution is 2.25. The van der Waals surface area contributed by atoms with Crippen LogP contribution in [0.2, 0.25) is 0 Å². The van der Waals surface area contributed by atoms with Crippen molar-refractivity contribution in [1.82, 2.24) is 20.1 Å². The van der Waals surface area contributed by atoms with Crippen LogP contribution in [0.3, 0.4) is 0 Å². The summed E-state index contributed by atoms with van der Waals surface area (Å²) in [7, 11) is 0. The number of hydrogen-bond acceptors (Lipinski definition) is 4. The Kier molecular flexibility index (Phi) is 5.52. The molecule has 1 aromatic heterocycles. The van der Waals surface area contributed by atoms with E-state index in [0.29, 0.717) is 19.0 Å². The Hall–Kier alpha value is -1.43. The van der Waals surface area contributed by atoms with E-state index in [2.05, 4.69) is 22.4 Å². The molecule has 6 nitrogen and oxygen atoms in total. The zero-order chi connectivity index (χ0) is 14.4. The quantitative estimate of drug-likeness (QED) is 0.852. The van der Waals surface area contributed by atoms with E-state index in [1.165, 1.54) is 12.8 Å². The van der Waals surface area contributed by atoms with Crippen LogP contribution in [0.4, 0.5) is 0 Å². The van der Waals surface area contributed by atoms with Gasteiger partial charge in [0.25, 0.3) is 0 Å². The predicted octanol–water partition coefficient (Wildman–Crippen LogP) is 1.30. The normalized spacial score (nSPS) is 22.7. The molecule has 1 fully saturated rings. The molecule has 20 heavy (non-hydrogen) atoms. The van der Waals surface area contributed by atoms with Crippen LogP contribution >= 0.6 is 0 Å². The van der Waals surface area contributed by atoms with E-state index in [1.54, 1.807) is 6.33 Å². The fourth-order valence-electron chi connectivity index (χ4n) is 2.62. The summed E-state index contributed by atoms with van der Waals surface area (Å²) in [6.45, 7) is 5.56. The molecule has 0 spiro atoms. The van der Waals surface area contributed by atoms with Gasteiger partial charge in [-0.2, -0.15) is 0 Å². The van der Waals surface area contributed by atoms with Crippen LogP contribution in [0.5, 0.6) is 0 Å². The first-order valence-corrected chi connectivity index (χ1v) is 7.38. The Labute approximate surface area is 119 Å². The lowest BCUT2D eigenvalue weighted by Gasteiger charge is -2.26. The first-order chi connectivity index (χ1) is 9.65. The summed E-state index contributed by atoms with van der Waals surface area (Å²) in [5.41, 5.74) is 0. The zero-order valence-corrected chi connectivity index (χ0v) is 12.3. The lowest BCUT2D eigenvalue weighted by molar-refractivity contribution is -0.128. The van der Waals surface area contributed by atoms with E-state index in [0.717, 1.165) is 18.7 Å². The molecule has 1 aliphatic carbocycles. The van der Waals surface area contributed by atoms with Crippen molar-refractivity contribution in [1.29, 1.82) is 0 Å². The van der Waals surface area contributed by atoms with Crippen LogP contribution in [-0.2, 0) is 16.1 Å². The molecule has 112 valence electrons. The molecular formula is C14H24N4O2. The van der Waals surface area contributed by atoms with Crippen molar-refractivity contribution in [3.05, 3.63) is 12.2 Å². The molecule has 0 aromatic carbocycles. The van der Waals surface area contributed by atoms with Gasteiger partial charge in [0.2, 0.25) is 5.91 Å². The number of carbonyl (C=O) groups excluding carboxylic acids is 1. The number of carbonyl (C=O) groups is 1. The van der Waals surface area contributed by atoms with Gasteiger partial charge in [0.1, 0.15) is 18.8 Å². The highest BCUT2D eigenvalue weighted by molar-refractivity contribution is 5.77. The van der Waals surface area contributed by atoms with Gasteiger partial charge in [0, 0.05) is 13.1 Å². The second kappa shape index (κ2) is 7.38. The number of nitrogens with zero attached hydrogens (tertiary/aromatic N) is 3. The Balaban J connectivity index is 1.59. The molecule has 1 aliphatic rings. The number of ether oxygens (including phenoxy) is 1. The van der Waals surface area contributed by atoms with E-state index in [9.17, 15) is 4.79 Å². The summed E-state index contributed by atoms with van der Waals surface area (Å²) in [5.74, 6) is 1.52. The topological polar surface area (TPSA) is 69.0 Å². The van der Waals surface area contributed by atoms with Gasteiger partial charge in [0.05, 0.1) is 6.10 Å². The molecule has 1 heterocycles. The molecule has 1 aromatic rings. The summed E-state index contributed by atoms with van der Waals surface area (Å²) < 4.78 is 7.59. The van der Waals surface area contributed by atoms with Crippen LogP contribution in [0, 0.1) is 12.8 Å². The summed E-state index contributed by atoms with van der Waals surface area (Å²) in [6.07, 6.45) is 6.57. The van der Waals surface area contributed by atoms with Crippen molar-refractivity contribution in [2.75, 3.05) is 13.2 Å². The summed E-state index contributed by atoms with van der Waals surface area (Å²) in [6, 6.07) is 0. The number of rotatable bonds is 6. The fourth-order valence-corrected chi connectivity index (χ4v) is 2.62. The van der Waals surface area contributed by atoms with E-state index >= 15 is 0 Å². The Bertz CT molecular complexity index is 433. The maximum absolute atomic E-state index is 11.7. The molecule has 0 radical (unpaired) electrons. The molecule has 0 unspecified atom stereocenters. The molecule has 0 aliphatic heterocycles. The minimum atomic E-state index is -0.0473. The average molecular weight is 280 g/mol. The lowest BCUT2D eigenvalue weighted by Crippen LogP contribution is -2.33. The first-order valence-electron chi connectivity index (χ1n) is 7.38. The molecule has 1 saturated carbocycles. The van der Waals surface area contributed by atoms with Crippen molar-refractivity contribution >= 4 is 5.91 Å². The van der Waals surface area contributed by atoms with Crippen LogP contribution < -0.4 is 5.32 Å². The zero-order valence-electron chi connectivity index (χ0n) is 12.3. The molecule has 0 saturated heterocycles. The molecule has 1 amide bonds. The molecule has 2 atom stereocenters. The average Bonchev–Trinajstić information content (AvgIpc) is 2.82. The van der Waals surface area contributed by atoms with Gasteiger partial charge >= 0.3 is 0 Å². The Morgan fingerprint density at radius 1 is 1.55 bits per heavy atom. The van der Waals surface area contributed by atoms with Crippen molar-refractivity contribution in [3.8, 4) is 0 Å². The van der Waals surface area contributed by atoms with E-state index in [1.807, 2.05) is 11.5 Å². The van der Waals surface area contributed by atoms with E-state index < -0.39 is 0 Å². The lowest BCUT2D eigenvalue weighted by atomic mass is 9.89. The smallest absolute Gasteiger partial charge is 0.246 e. The van der Waals surface area contributed by atoms with Gasteiger partial charge in [-0.1, -0.05) is 19.8 Å². The van der Waals surface area contributed by atoms with Crippen molar-refractivity contribution in [2.45, 2.75) is 52.2 Å². The van der Waals surface area contributed by atoms with E-state index in [-0.39, 0.29) is 18.6 Å². The SMILES string of the molecule is Cc1nncn1CCNC(=O)CO[C@@H]1CCC[C@@H](C)C1. The van der Waals surface area contributed by atoms with Crippen molar-refractivity contribution < 1.29 is 9.53 Å². The first kappa shape index (κ1) is 15.0. The van der Waals surface area contributed by atoms with Gasteiger partial charge in [0.15, 0.2) is 0 Å². The van der Waals surface area contributed by atoms with Crippen LogP contribution in [0.1, 0.15) is 38.4 Å². The van der Waals surface area contributed by atoms with Gasteiger partial charge in [-0.05, 0) is 25.7 Å². The third-order valence-electron chi connectivity index (χ3n) is 3.82.